The minimum atomic E-state index is -0.100. The molecule has 0 aliphatic carbocycles. The minimum Gasteiger partial charge on any atom is -0.456 e. The van der Waals surface area contributed by atoms with Crippen molar-refractivity contribution >= 4 is 16.9 Å². The lowest BCUT2D eigenvalue weighted by Gasteiger charge is -2.10. The molecule has 0 spiro atoms. The highest BCUT2D eigenvalue weighted by atomic mass is 16.3. The predicted molar refractivity (Wildman–Crippen MR) is 113 cm³/mol. The molecule has 3 aromatic rings. The molecule has 0 unspecified atom stereocenters. The largest absolute Gasteiger partial charge is 0.456 e. The third-order valence-electron chi connectivity index (χ3n) is 4.66. The first-order chi connectivity index (χ1) is 13.3. The molecule has 0 atom stereocenters. The second kappa shape index (κ2) is 8.40. The van der Waals surface area contributed by atoms with Crippen molar-refractivity contribution in [2.24, 2.45) is 0 Å². The van der Waals surface area contributed by atoms with Gasteiger partial charge in [-0.25, -0.2) is 0 Å². The molecule has 0 fully saturated rings. The average molecular weight is 378 g/mol. The van der Waals surface area contributed by atoms with Crippen molar-refractivity contribution in [3.63, 3.8) is 0 Å². The van der Waals surface area contributed by atoms with Crippen LogP contribution in [-0.2, 0) is 0 Å². The molecular weight excluding hydrogens is 352 g/mol. The summed E-state index contributed by atoms with van der Waals surface area (Å²) in [5.41, 5.74) is 3.86. The molecule has 5 heteroatoms. The number of nitrogens with one attached hydrogen (secondary N) is 1. The number of aryl methyl sites for hydroxylation is 2. The average Bonchev–Trinajstić information content (AvgIpc) is 2.65. The summed E-state index contributed by atoms with van der Waals surface area (Å²) in [4.78, 5) is 26.8. The summed E-state index contributed by atoms with van der Waals surface area (Å²) in [6.07, 6.45) is 0.901. The molecule has 1 N–H and O–H groups in total. The van der Waals surface area contributed by atoms with E-state index < -0.39 is 0 Å². The van der Waals surface area contributed by atoms with E-state index in [4.69, 9.17) is 4.42 Å². The van der Waals surface area contributed by atoms with Gasteiger partial charge in [-0.2, -0.15) is 0 Å². The van der Waals surface area contributed by atoms with Gasteiger partial charge in [-0.05, 0) is 70.2 Å². The highest BCUT2D eigenvalue weighted by Crippen LogP contribution is 2.25. The molecular formula is C23H26N2O3. The van der Waals surface area contributed by atoms with Gasteiger partial charge in [0, 0.05) is 23.7 Å². The molecule has 28 heavy (non-hydrogen) atoms. The zero-order chi connectivity index (χ0) is 20.3. The highest BCUT2D eigenvalue weighted by Gasteiger charge is 2.11. The number of carbonyl (C=O) groups is 1. The normalized spacial score (nSPS) is 11.2. The van der Waals surface area contributed by atoms with Crippen molar-refractivity contribution in [3.05, 3.63) is 69.4 Å². The number of amides is 1. The van der Waals surface area contributed by atoms with Crippen LogP contribution in [0.3, 0.4) is 0 Å². The van der Waals surface area contributed by atoms with Gasteiger partial charge in [0.2, 0.25) is 0 Å². The van der Waals surface area contributed by atoms with Gasteiger partial charge in [0.1, 0.15) is 11.3 Å². The quantitative estimate of drug-likeness (QED) is 0.664. The Balaban J connectivity index is 1.80. The molecule has 146 valence electrons. The Labute approximate surface area is 165 Å². The molecule has 2 aromatic carbocycles. The number of nitrogens with zero attached hydrogens (tertiary/aromatic N) is 1. The molecule has 1 amide bonds. The zero-order valence-electron chi connectivity index (χ0n) is 16.8. The summed E-state index contributed by atoms with van der Waals surface area (Å²) < 4.78 is 6.01. The fourth-order valence-electron chi connectivity index (χ4n) is 3.24. The van der Waals surface area contributed by atoms with Crippen molar-refractivity contribution in [2.45, 2.75) is 20.3 Å². The molecule has 1 heterocycles. The number of hydrogen-bond donors (Lipinski definition) is 1. The Hall–Kier alpha value is -2.92. The van der Waals surface area contributed by atoms with E-state index in [0.29, 0.717) is 28.8 Å². The van der Waals surface area contributed by atoms with Gasteiger partial charge in [-0.1, -0.05) is 18.2 Å². The first kappa shape index (κ1) is 19.8. The van der Waals surface area contributed by atoms with Crippen LogP contribution in [0.2, 0.25) is 0 Å². The van der Waals surface area contributed by atoms with Crippen molar-refractivity contribution < 1.29 is 9.21 Å². The number of fused-ring (bicyclic) bond motifs is 1. The molecule has 0 aliphatic rings. The van der Waals surface area contributed by atoms with Gasteiger partial charge in [0.25, 0.3) is 5.91 Å². The maximum absolute atomic E-state index is 12.5. The Morgan fingerprint density at radius 3 is 2.46 bits per heavy atom. The lowest BCUT2D eigenvalue weighted by Crippen LogP contribution is -2.27. The van der Waals surface area contributed by atoms with Gasteiger partial charge in [0.05, 0.1) is 5.39 Å². The van der Waals surface area contributed by atoms with Gasteiger partial charge in [-0.3, -0.25) is 9.59 Å². The zero-order valence-corrected chi connectivity index (χ0v) is 16.8. The van der Waals surface area contributed by atoms with E-state index in [2.05, 4.69) is 10.2 Å². The number of carbonyl (C=O) groups excluding carboxylic acids is 1. The van der Waals surface area contributed by atoms with E-state index in [1.165, 1.54) is 6.07 Å². The van der Waals surface area contributed by atoms with Crippen LogP contribution in [0, 0.1) is 13.8 Å². The van der Waals surface area contributed by atoms with Crippen LogP contribution >= 0.6 is 0 Å². The van der Waals surface area contributed by atoms with Gasteiger partial charge in [-0.15, -0.1) is 0 Å². The number of rotatable bonds is 6. The Kier molecular flexibility index (Phi) is 5.95. The van der Waals surface area contributed by atoms with Crippen LogP contribution in [-0.4, -0.2) is 38.0 Å². The van der Waals surface area contributed by atoms with E-state index in [0.717, 1.165) is 29.7 Å². The van der Waals surface area contributed by atoms with Crippen LogP contribution < -0.4 is 10.7 Å². The van der Waals surface area contributed by atoms with E-state index in [1.54, 1.807) is 12.1 Å². The summed E-state index contributed by atoms with van der Waals surface area (Å²) >= 11 is 0. The molecule has 1 aromatic heterocycles. The molecule has 0 bridgehead atoms. The van der Waals surface area contributed by atoms with Crippen molar-refractivity contribution in [1.29, 1.82) is 0 Å². The van der Waals surface area contributed by atoms with Crippen LogP contribution in [0.1, 0.15) is 27.9 Å². The van der Waals surface area contributed by atoms with E-state index >= 15 is 0 Å². The molecule has 0 radical (unpaired) electrons. The maximum Gasteiger partial charge on any atom is 0.251 e. The van der Waals surface area contributed by atoms with Crippen LogP contribution in [0.4, 0.5) is 0 Å². The van der Waals surface area contributed by atoms with E-state index in [9.17, 15) is 9.59 Å². The summed E-state index contributed by atoms with van der Waals surface area (Å²) in [6, 6.07) is 12.5. The van der Waals surface area contributed by atoms with E-state index in [1.807, 2.05) is 52.2 Å². The number of hydrogen-bond acceptors (Lipinski definition) is 4. The third-order valence-corrected chi connectivity index (χ3v) is 4.66. The second-order valence-electron chi connectivity index (χ2n) is 7.42. The standard InChI is InChI=1S/C23H26N2O3/c1-15-12-16(2)22-19(13-15)20(26)14-21(28-22)17-6-8-18(9-7-17)23(27)24-10-5-11-25(3)4/h6-9,12-14H,5,10-11H2,1-4H3,(H,24,27). The van der Waals surface area contributed by atoms with Gasteiger partial charge >= 0.3 is 0 Å². The fraction of sp³-hybridized carbons (Fsp3) is 0.304. The van der Waals surface area contributed by atoms with Gasteiger partial charge < -0.3 is 14.6 Å². The topological polar surface area (TPSA) is 62.6 Å². The van der Waals surface area contributed by atoms with Gasteiger partial charge in [0.15, 0.2) is 5.43 Å². The van der Waals surface area contributed by atoms with E-state index in [-0.39, 0.29) is 11.3 Å². The highest BCUT2D eigenvalue weighted by molar-refractivity contribution is 5.94. The monoisotopic (exact) mass is 378 g/mol. The lowest BCUT2D eigenvalue weighted by molar-refractivity contribution is 0.0952. The first-order valence-corrected chi connectivity index (χ1v) is 9.43. The second-order valence-corrected chi connectivity index (χ2v) is 7.42. The SMILES string of the molecule is Cc1cc(C)c2oc(-c3ccc(C(=O)NCCCN(C)C)cc3)cc(=O)c2c1. The fourth-order valence-corrected chi connectivity index (χ4v) is 3.24. The Morgan fingerprint density at radius 2 is 1.79 bits per heavy atom. The summed E-state index contributed by atoms with van der Waals surface area (Å²) in [5.74, 6) is 0.402. The van der Waals surface area contributed by atoms with Crippen LogP contribution in [0.5, 0.6) is 0 Å². The predicted octanol–water partition coefficient (Wildman–Crippen LogP) is 3.76. The molecule has 5 nitrogen and oxygen atoms in total. The van der Waals surface area contributed by atoms with Crippen molar-refractivity contribution in [3.8, 4) is 11.3 Å². The summed E-state index contributed by atoms with van der Waals surface area (Å²) in [7, 11) is 4.02. The Morgan fingerprint density at radius 1 is 1.07 bits per heavy atom. The van der Waals surface area contributed by atoms with Crippen LogP contribution in [0.15, 0.2) is 51.7 Å². The molecule has 3 rings (SSSR count). The van der Waals surface area contributed by atoms with Crippen molar-refractivity contribution in [1.82, 2.24) is 10.2 Å². The maximum atomic E-state index is 12.5. The molecule has 0 aliphatic heterocycles. The van der Waals surface area contributed by atoms with Crippen LogP contribution in [0.25, 0.3) is 22.3 Å². The molecule has 0 saturated carbocycles. The lowest BCUT2D eigenvalue weighted by atomic mass is 10.1. The minimum absolute atomic E-state index is 0.0641. The van der Waals surface area contributed by atoms with Crippen molar-refractivity contribution in [2.75, 3.05) is 27.2 Å². The smallest absolute Gasteiger partial charge is 0.251 e. The Bertz CT molecular complexity index is 1050. The summed E-state index contributed by atoms with van der Waals surface area (Å²) in [6.45, 7) is 5.46. The first-order valence-electron chi connectivity index (χ1n) is 9.43. The molecule has 0 saturated heterocycles. The third kappa shape index (κ3) is 4.49. The summed E-state index contributed by atoms with van der Waals surface area (Å²) in [5, 5.41) is 3.51. The number of benzene rings is 2.